The van der Waals surface area contributed by atoms with Crippen LogP contribution in [0.1, 0.15) is 12.0 Å². The van der Waals surface area contributed by atoms with Gasteiger partial charge in [0.1, 0.15) is 5.69 Å². The number of benzene rings is 3. The molecule has 1 aliphatic heterocycles. The number of hydrogen-bond donors (Lipinski definition) is 0. The van der Waals surface area contributed by atoms with Crippen molar-refractivity contribution in [2.24, 2.45) is 0 Å². The summed E-state index contributed by atoms with van der Waals surface area (Å²) in [5, 5.41) is 13.6. The number of para-hydroxylation sites is 2. The molecule has 0 N–H and O–H groups in total. The van der Waals surface area contributed by atoms with Crippen LogP contribution in [0.2, 0.25) is 0 Å². The molecule has 1 aliphatic rings. The molecule has 0 aliphatic carbocycles. The van der Waals surface area contributed by atoms with Gasteiger partial charge in [0, 0.05) is 38.7 Å². The number of nitro groups is 1. The summed E-state index contributed by atoms with van der Waals surface area (Å²) in [7, 11) is 0. The summed E-state index contributed by atoms with van der Waals surface area (Å²) in [5.41, 5.74) is 1.90. The number of rotatable bonds is 5. The van der Waals surface area contributed by atoms with Crippen LogP contribution in [0.5, 0.6) is 0 Å². The summed E-state index contributed by atoms with van der Waals surface area (Å²) in [5.74, 6) is 0.139. The first-order chi connectivity index (χ1) is 14.1. The smallest absolute Gasteiger partial charge is 0.292 e. The minimum absolute atomic E-state index is 0.114. The molecule has 0 aromatic heterocycles. The van der Waals surface area contributed by atoms with Gasteiger partial charge in [-0.1, -0.05) is 54.6 Å². The number of amides is 1. The van der Waals surface area contributed by atoms with E-state index in [0.717, 1.165) is 5.56 Å². The second-order valence-electron chi connectivity index (χ2n) is 7.30. The van der Waals surface area contributed by atoms with Crippen molar-refractivity contribution < 1.29 is 9.72 Å². The van der Waals surface area contributed by atoms with E-state index in [1.54, 1.807) is 12.1 Å². The lowest BCUT2D eigenvalue weighted by Crippen LogP contribution is -2.49. The molecular formula is C23H23N3O3. The average molecular weight is 389 g/mol. The molecule has 6 nitrogen and oxygen atoms in total. The van der Waals surface area contributed by atoms with Crippen LogP contribution in [0.25, 0.3) is 10.8 Å². The highest BCUT2D eigenvalue weighted by molar-refractivity contribution is 5.83. The summed E-state index contributed by atoms with van der Waals surface area (Å²) in [6, 6.07) is 21.3. The number of carbonyl (C=O) groups is 1. The standard InChI is InChI=1S/C23H23N3O3/c27-23(12-10-18-9-11-19-5-1-2-6-20(19)17-18)25-15-13-24(14-16-25)21-7-3-4-8-22(21)26(28)29/h1-9,11,17H,10,12-16H2. The molecular weight excluding hydrogens is 366 g/mol. The molecule has 1 heterocycles. The molecule has 0 bridgehead atoms. The van der Waals surface area contributed by atoms with E-state index >= 15 is 0 Å². The van der Waals surface area contributed by atoms with E-state index in [0.29, 0.717) is 44.7 Å². The van der Waals surface area contributed by atoms with Gasteiger partial charge in [0.05, 0.1) is 4.92 Å². The van der Waals surface area contributed by atoms with Gasteiger partial charge in [0.25, 0.3) is 5.69 Å². The molecule has 0 spiro atoms. The van der Waals surface area contributed by atoms with E-state index in [1.165, 1.54) is 16.8 Å². The predicted molar refractivity (Wildman–Crippen MR) is 114 cm³/mol. The largest absolute Gasteiger partial charge is 0.362 e. The molecule has 3 aromatic carbocycles. The summed E-state index contributed by atoms with van der Waals surface area (Å²) in [4.78, 5) is 27.4. The summed E-state index contributed by atoms with van der Waals surface area (Å²) in [6.45, 7) is 2.38. The van der Waals surface area contributed by atoms with Crippen molar-refractivity contribution in [3.8, 4) is 0 Å². The quantitative estimate of drug-likeness (QED) is 0.488. The third-order valence-electron chi connectivity index (χ3n) is 5.49. The zero-order valence-electron chi connectivity index (χ0n) is 16.2. The van der Waals surface area contributed by atoms with Gasteiger partial charge < -0.3 is 9.80 Å². The van der Waals surface area contributed by atoms with Gasteiger partial charge in [0.15, 0.2) is 0 Å². The van der Waals surface area contributed by atoms with Crippen LogP contribution in [0, 0.1) is 10.1 Å². The number of nitro benzene ring substituents is 1. The Bertz CT molecular complexity index is 1040. The van der Waals surface area contributed by atoms with E-state index in [9.17, 15) is 14.9 Å². The second-order valence-corrected chi connectivity index (χ2v) is 7.30. The number of nitrogens with zero attached hydrogens (tertiary/aromatic N) is 3. The summed E-state index contributed by atoms with van der Waals surface area (Å²) < 4.78 is 0. The Morgan fingerprint density at radius 2 is 1.59 bits per heavy atom. The van der Waals surface area contributed by atoms with Crippen LogP contribution < -0.4 is 4.90 Å². The number of piperazine rings is 1. The maximum Gasteiger partial charge on any atom is 0.292 e. The first-order valence-electron chi connectivity index (χ1n) is 9.85. The molecule has 148 valence electrons. The Hall–Kier alpha value is -3.41. The monoisotopic (exact) mass is 389 g/mol. The average Bonchev–Trinajstić information content (AvgIpc) is 2.77. The van der Waals surface area contributed by atoms with Crippen LogP contribution in [-0.4, -0.2) is 41.9 Å². The van der Waals surface area contributed by atoms with Gasteiger partial charge in [-0.25, -0.2) is 0 Å². The van der Waals surface area contributed by atoms with Crippen molar-refractivity contribution in [2.45, 2.75) is 12.8 Å². The van der Waals surface area contributed by atoms with Crippen molar-refractivity contribution in [3.63, 3.8) is 0 Å². The molecule has 0 saturated carbocycles. The predicted octanol–water partition coefficient (Wildman–Crippen LogP) is 4.03. The van der Waals surface area contributed by atoms with Crippen molar-refractivity contribution in [2.75, 3.05) is 31.1 Å². The van der Waals surface area contributed by atoms with E-state index in [2.05, 4.69) is 30.3 Å². The fourth-order valence-corrected chi connectivity index (χ4v) is 3.89. The lowest BCUT2D eigenvalue weighted by atomic mass is 10.0. The maximum absolute atomic E-state index is 12.7. The second kappa shape index (κ2) is 8.31. The first-order valence-corrected chi connectivity index (χ1v) is 9.85. The van der Waals surface area contributed by atoms with Crippen LogP contribution >= 0.6 is 0 Å². The van der Waals surface area contributed by atoms with Crippen LogP contribution in [-0.2, 0) is 11.2 Å². The Balaban J connectivity index is 1.34. The van der Waals surface area contributed by atoms with Gasteiger partial charge in [-0.3, -0.25) is 14.9 Å². The molecule has 1 fully saturated rings. The molecule has 0 unspecified atom stereocenters. The highest BCUT2D eigenvalue weighted by Gasteiger charge is 2.25. The van der Waals surface area contributed by atoms with Gasteiger partial charge in [0.2, 0.25) is 5.91 Å². The van der Waals surface area contributed by atoms with Crippen molar-refractivity contribution in [1.29, 1.82) is 0 Å². The van der Waals surface area contributed by atoms with Gasteiger partial charge in [-0.2, -0.15) is 0 Å². The molecule has 1 amide bonds. The van der Waals surface area contributed by atoms with Crippen molar-refractivity contribution in [1.82, 2.24) is 4.90 Å². The summed E-state index contributed by atoms with van der Waals surface area (Å²) >= 11 is 0. The van der Waals surface area contributed by atoms with E-state index in [1.807, 2.05) is 28.0 Å². The minimum Gasteiger partial charge on any atom is -0.362 e. The van der Waals surface area contributed by atoms with Crippen LogP contribution in [0.3, 0.4) is 0 Å². The Labute approximate surface area is 169 Å². The molecule has 29 heavy (non-hydrogen) atoms. The highest BCUT2D eigenvalue weighted by Crippen LogP contribution is 2.28. The maximum atomic E-state index is 12.7. The van der Waals surface area contributed by atoms with Crippen LogP contribution in [0.4, 0.5) is 11.4 Å². The number of aryl methyl sites for hydroxylation is 1. The van der Waals surface area contributed by atoms with E-state index in [-0.39, 0.29) is 16.5 Å². The first kappa shape index (κ1) is 18.9. The number of carbonyl (C=O) groups excluding carboxylic acids is 1. The Kier molecular flexibility index (Phi) is 5.42. The molecule has 1 saturated heterocycles. The number of fused-ring (bicyclic) bond motifs is 1. The number of hydrogen-bond acceptors (Lipinski definition) is 4. The van der Waals surface area contributed by atoms with Crippen molar-refractivity contribution in [3.05, 3.63) is 82.4 Å². The fraction of sp³-hybridized carbons (Fsp3) is 0.261. The lowest BCUT2D eigenvalue weighted by Gasteiger charge is -2.35. The van der Waals surface area contributed by atoms with Gasteiger partial charge in [-0.05, 0) is 28.8 Å². The van der Waals surface area contributed by atoms with Gasteiger partial charge >= 0.3 is 0 Å². The molecule has 0 radical (unpaired) electrons. The SMILES string of the molecule is O=C(CCc1ccc2ccccc2c1)N1CCN(c2ccccc2[N+](=O)[O-])CC1. The zero-order valence-corrected chi connectivity index (χ0v) is 16.2. The fourth-order valence-electron chi connectivity index (χ4n) is 3.89. The van der Waals surface area contributed by atoms with Crippen molar-refractivity contribution >= 4 is 28.1 Å². The normalized spacial score (nSPS) is 14.2. The van der Waals surface area contributed by atoms with E-state index in [4.69, 9.17) is 0 Å². The van der Waals surface area contributed by atoms with E-state index < -0.39 is 0 Å². The third kappa shape index (κ3) is 4.21. The zero-order chi connectivity index (χ0) is 20.2. The molecule has 0 atom stereocenters. The van der Waals surface area contributed by atoms with Crippen LogP contribution in [0.15, 0.2) is 66.7 Å². The topological polar surface area (TPSA) is 66.7 Å². The minimum atomic E-state index is -0.351. The summed E-state index contributed by atoms with van der Waals surface area (Å²) in [6.07, 6.45) is 1.19. The number of anilines is 1. The highest BCUT2D eigenvalue weighted by atomic mass is 16.6. The molecule has 3 aromatic rings. The Morgan fingerprint density at radius 3 is 2.34 bits per heavy atom. The molecule has 4 rings (SSSR count). The van der Waals surface area contributed by atoms with Gasteiger partial charge in [-0.15, -0.1) is 0 Å². The lowest BCUT2D eigenvalue weighted by molar-refractivity contribution is -0.384. The molecule has 6 heteroatoms. The Morgan fingerprint density at radius 1 is 0.897 bits per heavy atom. The third-order valence-corrected chi connectivity index (χ3v) is 5.49.